The molecule has 14 heavy (non-hydrogen) atoms. The molecule has 2 heteroatoms. The highest BCUT2D eigenvalue weighted by Crippen LogP contribution is 2.25. The van der Waals surface area contributed by atoms with E-state index in [9.17, 15) is 0 Å². The summed E-state index contributed by atoms with van der Waals surface area (Å²) in [5, 5.41) is 0. The zero-order chi connectivity index (χ0) is 10.4. The predicted molar refractivity (Wildman–Crippen MR) is 65.1 cm³/mol. The van der Waals surface area contributed by atoms with Crippen LogP contribution in [0, 0.1) is 0 Å². The second kappa shape index (κ2) is 5.71. The summed E-state index contributed by atoms with van der Waals surface area (Å²) in [4.78, 5) is 0. The molecule has 0 aliphatic heterocycles. The lowest BCUT2D eigenvalue weighted by atomic mass is 9.98. The van der Waals surface area contributed by atoms with Crippen LogP contribution in [0.25, 0.3) is 0 Å². The van der Waals surface area contributed by atoms with E-state index in [1.165, 1.54) is 38.1 Å². The number of hydrogen-bond donors (Lipinski definition) is 0. The molecule has 0 heterocycles. The van der Waals surface area contributed by atoms with E-state index in [0.717, 1.165) is 6.61 Å². The van der Waals surface area contributed by atoms with Crippen molar-refractivity contribution in [2.24, 2.45) is 0 Å². The van der Waals surface area contributed by atoms with Crippen molar-refractivity contribution < 1.29 is 4.43 Å². The second-order valence-electron chi connectivity index (χ2n) is 4.80. The highest BCUT2D eigenvalue weighted by atomic mass is 28.4. The van der Waals surface area contributed by atoms with Gasteiger partial charge in [0.05, 0.1) is 0 Å². The molecule has 0 atom stereocenters. The Bertz CT molecular complexity index is 196. The largest absolute Gasteiger partial charge is 0.418 e. The van der Waals surface area contributed by atoms with Gasteiger partial charge in [-0.25, -0.2) is 0 Å². The number of hydrogen-bond acceptors (Lipinski definition) is 1. The Morgan fingerprint density at radius 3 is 2.71 bits per heavy atom. The molecule has 0 bridgehead atoms. The Morgan fingerprint density at radius 1 is 1.36 bits per heavy atom. The first-order valence-electron chi connectivity index (χ1n) is 5.96. The van der Waals surface area contributed by atoms with Crippen molar-refractivity contribution in [3.63, 3.8) is 0 Å². The monoisotopic (exact) mass is 212 g/mol. The minimum Gasteiger partial charge on any atom is -0.418 e. The molecule has 0 fully saturated rings. The van der Waals surface area contributed by atoms with Gasteiger partial charge in [0, 0.05) is 6.61 Å². The topological polar surface area (TPSA) is 9.23 Å². The maximum atomic E-state index is 5.83. The predicted octanol–water partition coefficient (Wildman–Crippen LogP) is 4.12. The fourth-order valence-electron chi connectivity index (χ4n) is 2.06. The molecular weight excluding hydrogens is 188 g/mol. The number of rotatable bonds is 5. The van der Waals surface area contributed by atoms with E-state index >= 15 is 0 Å². The van der Waals surface area contributed by atoms with Crippen LogP contribution in [0.15, 0.2) is 11.6 Å². The summed E-state index contributed by atoms with van der Waals surface area (Å²) >= 11 is 0. The summed E-state index contributed by atoms with van der Waals surface area (Å²) in [6.07, 6.45) is 9.21. The smallest absolute Gasteiger partial charge is 0.187 e. The highest BCUT2D eigenvalue weighted by Gasteiger charge is 2.21. The fourth-order valence-corrected chi connectivity index (χ4v) is 3.91. The fraction of sp³-hybridized carbons (Fsp3) is 0.833. The lowest BCUT2D eigenvalue weighted by Crippen LogP contribution is -2.30. The molecule has 0 aromatic heterocycles. The van der Waals surface area contributed by atoms with Gasteiger partial charge in [0.25, 0.3) is 0 Å². The minimum absolute atomic E-state index is 0.887. The van der Waals surface area contributed by atoms with Crippen molar-refractivity contribution in [2.75, 3.05) is 6.61 Å². The Kier molecular flexibility index (Phi) is 4.89. The zero-order valence-corrected chi connectivity index (χ0v) is 10.9. The van der Waals surface area contributed by atoms with Gasteiger partial charge in [-0.3, -0.25) is 0 Å². The Morgan fingerprint density at radius 2 is 2.14 bits per heavy atom. The summed E-state index contributed by atoms with van der Waals surface area (Å²) in [6.45, 7) is 7.66. The standard InChI is InChI=1S/C12H24OSi/c1-4-13-14(2,3)11-10-12-8-6-5-7-9-12/h8H,4-7,9-11H2,1-3H3. The first kappa shape index (κ1) is 12.0. The Labute approximate surface area is 89.7 Å². The van der Waals surface area contributed by atoms with Gasteiger partial charge in [-0.2, -0.15) is 0 Å². The molecule has 82 valence electrons. The maximum Gasteiger partial charge on any atom is 0.187 e. The molecule has 0 spiro atoms. The molecule has 1 aliphatic rings. The van der Waals surface area contributed by atoms with Gasteiger partial charge in [-0.05, 0) is 58.2 Å². The molecule has 1 nitrogen and oxygen atoms in total. The van der Waals surface area contributed by atoms with E-state index < -0.39 is 8.32 Å². The van der Waals surface area contributed by atoms with E-state index in [4.69, 9.17) is 4.43 Å². The molecule has 0 radical (unpaired) electrons. The molecule has 0 unspecified atom stereocenters. The summed E-state index contributed by atoms with van der Waals surface area (Å²) in [5.74, 6) is 0. The first-order valence-corrected chi connectivity index (χ1v) is 9.07. The summed E-state index contributed by atoms with van der Waals surface area (Å²) in [6, 6.07) is 1.30. The van der Waals surface area contributed by atoms with Crippen molar-refractivity contribution in [2.45, 2.75) is 58.2 Å². The quantitative estimate of drug-likeness (QED) is 0.492. The van der Waals surface area contributed by atoms with Gasteiger partial charge in [0.15, 0.2) is 8.32 Å². The van der Waals surface area contributed by atoms with Crippen molar-refractivity contribution in [1.82, 2.24) is 0 Å². The van der Waals surface area contributed by atoms with Crippen LogP contribution in [-0.2, 0) is 4.43 Å². The van der Waals surface area contributed by atoms with E-state index in [1.54, 1.807) is 5.57 Å². The van der Waals surface area contributed by atoms with Gasteiger partial charge < -0.3 is 4.43 Å². The van der Waals surface area contributed by atoms with E-state index in [0.29, 0.717) is 0 Å². The van der Waals surface area contributed by atoms with Crippen LogP contribution in [0.4, 0.5) is 0 Å². The molecule has 0 aromatic rings. The molecule has 0 saturated heterocycles. The molecule has 0 aromatic carbocycles. The maximum absolute atomic E-state index is 5.83. The lowest BCUT2D eigenvalue weighted by Gasteiger charge is -2.23. The van der Waals surface area contributed by atoms with Crippen LogP contribution >= 0.6 is 0 Å². The van der Waals surface area contributed by atoms with Gasteiger partial charge in [-0.15, -0.1) is 0 Å². The third kappa shape index (κ3) is 4.42. The number of allylic oxidation sites excluding steroid dienone is 2. The Hall–Kier alpha value is -0.0831. The van der Waals surface area contributed by atoms with Gasteiger partial charge in [0.2, 0.25) is 0 Å². The molecule has 0 saturated carbocycles. The van der Waals surface area contributed by atoms with E-state index in [-0.39, 0.29) is 0 Å². The van der Waals surface area contributed by atoms with E-state index in [1.807, 2.05) is 0 Å². The first-order chi connectivity index (χ1) is 6.64. The van der Waals surface area contributed by atoms with Crippen molar-refractivity contribution in [1.29, 1.82) is 0 Å². The average molecular weight is 212 g/mol. The van der Waals surface area contributed by atoms with Crippen molar-refractivity contribution >= 4 is 8.32 Å². The lowest BCUT2D eigenvalue weighted by molar-refractivity contribution is 0.328. The second-order valence-corrected chi connectivity index (χ2v) is 9.11. The third-order valence-corrected chi connectivity index (χ3v) is 5.49. The third-order valence-electron chi connectivity index (χ3n) is 2.97. The molecule has 1 aliphatic carbocycles. The zero-order valence-electron chi connectivity index (χ0n) is 9.94. The average Bonchev–Trinajstić information content (AvgIpc) is 2.17. The highest BCUT2D eigenvalue weighted by molar-refractivity contribution is 6.71. The molecule has 1 rings (SSSR count). The van der Waals surface area contributed by atoms with Crippen LogP contribution in [0.5, 0.6) is 0 Å². The van der Waals surface area contributed by atoms with Crippen LogP contribution in [0.3, 0.4) is 0 Å². The van der Waals surface area contributed by atoms with Crippen molar-refractivity contribution in [3.8, 4) is 0 Å². The molecular formula is C12H24OSi. The summed E-state index contributed by atoms with van der Waals surface area (Å²) < 4.78 is 5.83. The van der Waals surface area contributed by atoms with Crippen LogP contribution in [0.1, 0.15) is 39.0 Å². The van der Waals surface area contributed by atoms with Crippen LogP contribution < -0.4 is 0 Å². The van der Waals surface area contributed by atoms with Crippen LogP contribution in [0.2, 0.25) is 19.1 Å². The van der Waals surface area contributed by atoms with Crippen LogP contribution in [-0.4, -0.2) is 14.9 Å². The summed E-state index contributed by atoms with van der Waals surface area (Å²) in [7, 11) is -1.33. The summed E-state index contributed by atoms with van der Waals surface area (Å²) in [5.41, 5.74) is 1.69. The van der Waals surface area contributed by atoms with Gasteiger partial charge in [0.1, 0.15) is 0 Å². The Balaban J connectivity index is 2.27. The SMILES string of the molecule is CCO[Si](C)(C)CCC1=CCCCC1. The minimum atomic E-state index is -1.33. The molecule has 0 amide bonds. The molecule has 0 N–H and O–H groups in total. The van der Waals surface area contributed by atoms with E-state index in [2.05, 4.69) is 26.1 Å². The normalized spacial score (nSPS) is 18.1. The van der Waals surface area contributed by atoms with Gasteiger partial charge in [-0.1, -0.05) is 11.6 Å². The van der Waals surface area contributed by atoms with Gasteiger partial charge >= 0.3 is 0 Å². The van der Waals surface area contributed by atoms with Crippen molar-refractivity contribution in [3.05, 3.63) is 11.6 Å².